The molecule has 5 heteroatoms. The van der Waals surface area contributed by atoms with Gasteiger partial charge in [0.1, 0.15) is 0 Å². The van der Waals surface area contributed by atoms with Crippen molar-refractivity contribution in [2.75, 3.05) is 27.7 Å². The highest BCUT2D eigenvalue weighted by Gasteiger charge is 2.11. The molecule has 1 aromatic rings. The van der Waals surface area contributed by atoms with Crippen LogP contribution in [0.3, 0.4) is 0 Å². The summed E-state index contributed by atoms with van der Waals surface area (Å²) in [5.41, 5.74) is 0. The third kappa shape index (κ3) is 3.08. The number of nitrogens with one attached hydrogen (secondary N) is 1. The van der Waals surface area contributed by atoms with E-state index in [4.69, 9.17) is 4.52 Å². The van der Waals surface area contributed by atoms with Crippen LogP contribution in [0.4, 0.5) is 0 Å². The molecule has 0 spiro atoms. The van der Waals surface area contributed by atoms with Crippen LogP contribution in [0, 0.1) is 0 Å². The first-order valence-electron chi connectivity index (χ1n) is 4.78. The number of rotatable bonds is 5. The molecule has 0 fully saturated rings. The maximum absolute atomic E-state index is 5.11. The Hall–Kier alpha value is -0.940. The summed E-state index contributed by atoms with van der Waals surface area (Å²) in [6.07, 6.45) is 0.802. The second-order valence-electron chi connectivity index (χ2n) is 3.61. The Bertz CT molecular complexity index is 272. The van der Waals surface area contributed by atoms with Crippen LogP contribution in [0.15, 0.2) is 4.52 Å². The van der Waals surface area contributed by atoms with Gasteiger partial charge < -0.3 is 14.7 Å². The molecule has 1 rings (SSSR count). The molecule has 0 aliphatic carbocycles. The molecule has 1 atom stereocenters. The lowest BCUT2D eigenvalue weighted by Crippen LogP contribution is -2.16. The van der Waals surface area contributed by atoms with Crippen LogP contribution in [0.2, 0.25) is 0 Å². The van der Waals surface area contributed by atoms with Crippen LogP contribution in [0.5, 0.6) is 0 Å². The van der Waals surface area contributed by atoms with E-state index >= 15 is 0 Å². The molecule has 0 bridgehead atoms. The van der Waals surface area contributed by atoms with Crippen LogP contribution >= 0.6 is 0 Å². The lowest BCUT2D eigenvalue weighted by molar-refractivity contribution is 0.340. The van der Waals surface area contributed by atoms with Gasteiger partial charge in [0.05, 0.1) is 6.04 Å². The minimum absolute atomic E-state index is 0.145. The zero-order chi connectivity index (χ0) is 10.6. The van der Waals surface area contributed by atoms with E-state index in [9.17, 15) is 0 Å². The molecular formula is C9H18N4O. The Balaban J connectivity index is 2.50. The Morgan fingerprint density at radius 2 is 2.21 bits per heavy atom. The summed E-state index contributed by atoms with van der Waals surface area (Å²) < 4.78 is 5.11. The molecule has 0 aliphatic heterocycles. The van der Waals surface area contributed by atoms with Gasteiger partial charge in [-0.05, 0) is 28.1 Å². The summed E-state index contributed by atoms with van der Waals surface area (Å²) in [5, 5.41) is 6.96. The molecule has 14 heavy (non-hydrogen) atoms. The predicted octanol–water partition coefficient (Wildman–Crippen LogP) is 0.454. The Morgan fingerprint density at radius 1 is 1.50 bits per heavy atom. The molecular weight excluding hydrogens is 180 g/mol. The van der Waals surface area contributed by atoms with Crippen molar-refractivity contribution in [1.29, 1.82) is 0 Å². The lowest BCUT2D eigenvalue weighted by Gasteiger charge is -2.05. The number of aromatic nitrogens is 2. The van der Waals surface area contributed by atoms with Gasteiger partial charge in [-0.2, -0.15) is 4.98 Å². The van der Waals surface area contributed by atoms with E-state index in [2.05, 4.69) is 20.4 Å². The third-order valence-corrected chi connectivity index (χ3v) is 2.08. The van der Waals surface area contributed by atoms with Crippen molar-refractivity contribution in [3.8, 4) is 0 Å². The van der Waals surface area contributed by atoms with Gasteiger partial charge in [-0.3, -0.25) is 0 Å². The average Bonchev–Trinajstić information content (AvgIpc) is 2.62. The first kappa shape index (κ1) is 11.1. The quantitative estimate of drug-likeness (QED) is 0.744. The zero-order valence-corrected chi connectivity index (χ0v) is 9.24. The topological polar surface area (TPSA) is 54.2 Å². The molecule has 1 N–H and O–H groups in total. The lowest BCUT2D eigenvalue weighted by atomic mass is 10.3. The van der Waals surface area contributed by atoms with Gasteiger partial charge >= 0.3 is 0 Å². The molecule has 0 saturated heterocycles. The molecule has 0 amide bonds. The zero-order valence-electron chi connectivity index (χ0n) is 9.24. The van der Waals surface area contributed by atoms with Crippen LogP contribution in [-0.2, 0) is 6.42 Å². The molecule has 0 saturated carbocycles. The summed E-state index contributed by atoms with van der Waals surface area (Å²) >= 11 is 0. The van der Waals surface area contributed by atoms with Crippen LogP contribution in [0.1, 0.15) is 24.7 Å². The van der Waals surface area contributed by atoms with Crippen molar-refractivity contribution < 1.29 is 4.52 Å². The predicted molar refractivity (Wildman–Crippen MR) is 54.0 cm³/mol. The molecule has 5 nitrogen and oxygen atoms in total. The van der Waals surface area contributed by atoms with E-state index in [-0.39, 0.29) is 6.04 Å². The summed E-state index contributed by atoms with van der Waals surface area (Å²) in [5.74, 6) is 1.43. The van der Waals surface area contributed by atoms with Crippen molar-refractivity contribution >= 4 is 0 Å². The number of nitrogens with zero attached hydrogens (tertiary/aromatic N) is 3. The van der Waals surface area contributed by atoms with Gasteiger partial charge in [0, 0.05) is 13.0 Å². The van der Waals surface area contributed by atoms with Gasteiger partial charge in [0.25, 0.3) is 0 Å². The first-order valence-corrected chi connectivity index (χ1v) is 4.78. The Kier molecular flexibility index (Phi) is 4.03. The maximum Gasteiger partial charge on any atom is 0.227 e. The second-order valence-corrected chi connectivity index (χ2v) is 3.61. The molecule has 1 heterocycles. The van der Waals surface area contributed by atoms with Crippen molar-refractivity contribution in [2.24, 2.45) is 0 Å². The fraction of sp³-hybridized carbons (Fsp3) is 0.778. The van der Waals surface area contributed by atoms with Crippen molar-refractivity contribution in [3.05, 3.63) is 11.7 Å². The van der Waals surface area contributed by atoms with E-state index in [0.29, 0.717) is 5.89 Å². The minimum atomic E-state index is 0.145. The molecule has 0 radical (unpaired) electrons. The molecule has 1 aromatic heterocycles. The van der Waals surface area contributed by atoms with E-state index in [1.165, 1.54) is 0 Å². The molecule has 0 aromatic carbocycles. The number of hydrogen-bond donors (Lipinski definition) is 1. The Morgan fingerprint density at radius 3 is 2.79 bits per heavy atom. The van der Waals surface area contributed by atoms with E-state index in [1.807, 2.05) is 28.1 Å². The normalized spacial score (nSPS) is 13.5. The largest absolute Gasteiger partial charge is 0.339 e. The maximum atomic E-state index is 5.11. The van der Waals surface area contributed by atoms with Crippen molar-refractivity contribution in [3.63, 3.8) is 0 Å². The highest BCUT2D eigenvalue weighted by Crippen LogP contribution is 2.07. The smallest absolute Gasteiger partial charge is 0.227 e. The summed E-state index contributed by atoms with van der Waals surface area (Å²) in [4.78, 5) is 6.37. The van der Waals surface area contributed by atoms with Gasteiger partial charge in [-0.1, -0.05) is 5.16 Å². The standard InChI is InChI=1S/C9H18N4O/c1-7(10-2)9-11-8(14-12-9)5-6-13(3)4/h7,10H,5-6H2,1-4H3. The second kappa shape index (κ2) is 5.07. The minimum Gasteiger partial charge on any atom is -0.339 e. The van der Waals surface area contributed by atoms with Crippen LogP contribution in [-0.4, -0.2) is 42.7 Å². The van der Waals surface area contributed by atoms with E-state index < -0.39 is 0 Å². The molecule has 80 valence electrons. The highest BCUT2D eigenvalue weighted by molar-refractivity contribution is 4.92. The number of likely N-dealkylation sites (N-methyl/N-ethyl adjacent to an activating group) is 1. The van der Waals surface area contributed by atoms with Crippen molar-refractivity contribution in [2.45, 2.75) is 19.4 Å². The monoisotopic (exact) mass is 198 g/mol. The van der Waals surface area contributed by atoms with Gasteiger partial charge in [-0.15, -0.1) is 0 Å². The first-order chi connectivity index (χ1) is 6.63. The van der Waals surface area contributed by atoms with Crippen LogP contribution in [0.25, 0.3) is 0 Å². The summed E-state index contributed by atoms with van der Waals surface area (Å²) in [6, 6.07) is 0.145. The highest BCUT2D eigenvalue weighted by atomic mass is 16.5. The molecule has 0 aliphatic rings. The van der Waals surface area contributed by atoms with Gasteiger partial charge in [0.15, 0.2) is 5.82 Å². The average molecular weight is 198 g/mol. The van der Waals surface area contributed by atoms with Gasteiger partial charge in [-0.25, -0.2) is 0 Å². The van der Waals surface area contributed by atoms with Gasteiger partial charge in [0.2, 0.25) is 5.89 Å². The summed E-state index contributed by atoms with van der Waals surface area (Å²) in [7, 11) is 5.92. The third-order valence-electron chi connectivity index (χ3n) is 2.08. The summed E-state index contributed by atoms with van der Waals surface area (Å²) in [6.45, 7) is 2.93. The SMILES string of the molecule is CNC(C)c1noc(CCN(C)C)n1. The van der Waals surface area contributed by atoms with E-state index in [1.54, 1.807) is 0 Å². The van der Waals surface area contributed by atoms with Crippen molar-refractivity contribution in [1.82, 2.24) is 20.4 Å². The Labute approximate surface area is 84.5 Å². The number of hydrogen-bond acceptors (Lipinski definition) is 5. The van der Waals surface area contributed by atoms with E-state index in [0.717, 1.165) is 18.8 Å². The fourth-order valence-corrected chi connectivity index (χ4v) is 0.994. The molecule has 1 unspecified atom stereocenters. The fourth-order valence-electron chi connectivity index (χ4n) is 0.994. The van der Waals surface area contributed by atoms with Crippen LogP contribution < -0.4 is 5.32 Å².